The Morgan fingerprint density at radius 1 is 1.17 bits per heavy atom. The Morgan fingerprint density at radius 3 is 2.62 bits per heavy atom. The molecule has 1 aromatic heterocycles. The van der Waals surface area contributed by atoms with Crippen molar-refractivity contribution in [2.24, 2.45) is 0 Å². The Balaban J connectivity index is 1.66. The standard InChI is InChI=1S/C17H18N6O/c1-22-7-9-23(10-8-22)16-6-5-15(20-21-16)17(24)19-14-4-2-3-13(11-14)12-18/h2-6,11H,7-10H2,1H3,(H,19,24). The molecule has 1 aliphatic heterocycles. The number of benzene rings is 1. The van der Waals surface area contributed by atoms with E-state index in [0.29, 0.717) is 11.3 Å². The molecule has 7 heteroatoms. The van der Waals surface area contributed by atoms with E-state index in [-0.39, 0.29) is 11.6 Å². The summed E-state index contributed by atoms with van der Waals surface area (Å²) in [5.74, 6) is 0.439. The molecule has 1 N–H and O–H groups in total. The number of aromatic nitrogens is 2. The van der Waals surface area contributed by atoms with E-state index in [4.69, 9.17) is 5.26 Å². The Morgan fingerprint density at radius 2 is 1.96 bits per heavy atom. The summed E-state index contributed by atoms with van der Waals surface area (Å²) in [5.41, 5.74) is 1.29. The van der Waals surface area contributed by atoms with Crippen molar-refractivity contribution in [3.63, 3.8) is 0 Å². The molecule has 1 saturated heterocycles. The number of likely N-dealkylation sites (N-methyl/N-ethyl adjacent to an activating group) is 1. The van der Waals surface area contributed by atoms with Crippen LogP contribution in [0.1, 0.15) is 16.1 Å². The lowest BCUT2D eigenvalue weighted by molar-refractivity contribution is 0.102. The summed E-state index contributed by atoms with van der Waals surface area (Å²) in [5, 5.41) is 19.8. The molecule has 0 saturated carbocycles. The monoisotopic (exact) mass is 322 g/mol. The van der Waals surface area contributed by atoms with Gasteiger partial charge in [-0.2, -0.15) is 5.26 Å². The predicted octanol–water partition coefficient (Wildman–Crippen LogP) is 1.35. The molecule has 0 unspecified atom stereocenters. The van der Waals surface area contributed by atoms with E-state index in [1.807, 2.05) is 12.1 Å². The van der Waals surface area contributed by atoms with Crippen LogP contribution in [0, 0.1) is 11.3 Å². The molecule has 122 valence electrons. The van der Waals surface area contributed by atoms with E-state index in [2.05, 4.69) is 32.4 Å². The summed E-state index contributed by atoms with van der Waals surface area (Å²) >= 11 is 0. The summed E-state index contributed by atoms with van der Waals surface area (Å²) in [6, 6.07) is 12.3. The molecule has 0 radical (unpaired) electrons. The average Bonchev–Trinajstić information content (AvgIpc) is 2.62. The second-order valence-corrected chi connectivity index (χ2v) is 5.71. The van der Waals surface area contributed by atoms with Gasteiger partial charge in [-0.25, -0.2) is 0 Å². The van der Waals surface area contributed by atoms with E-state index in [0.717, 1.165) is 32.0 Å². The van der Waals surface area contributed by atoms with E-state index < -0.39 is 0 Å². The zero-order chi connectivity index (χ0) is 16.9. The van der Waals surface area contributed by atoms with Gasteiger partial charge in [0.25, 0.3) is 5.91 Å². The summed E-state index contributed by atoms with van der Waals surface area (Å²) in [6.45, 7) is 3.77. The second kappa shape index (κ2) is 7.06. The fraction of sp³-hybridized carbons (Fsp3) is 0.294. The molecule has 1 aliphatic rings. The molecule has 0 bridgehead atoms. The Labute approximate surface area is 140 Å². The van der Waals surface area contributed by atoms with Crippen LogP contribution in [0.5, 0.6) is 0 Å². The fourth-order valence-electron chi connectivity index (χ4n) is 2.51. The minimum absolute atomic E-state index is 0.246. The van der Waals surface area contributed by atoms with Gasteiger partial charge in [0.05, 0.1) is 11.6 Å². The maximum Gasteiger partial charge on any atom is 0.276 e. The normalized spacial score (nSPS) is 14.9. The van der Waals surface area contributed by atoms with Crippen molar-refractivity contribution in [2.45, 2.75) is 0 Å². The van der Waals surface area contributed by atoms with Gasteiger partial charge in [-0.05, 0) is 37.4 Å². The van der Waals surface area contributed by atoms with Crippen LogP contribution >= 0.6 is 0 Å². The van der Waals surface area contributed by atoms with Crippen LogP contribution in [0.4, 0.5) is 11.5 Å². The largest absolute Gasteiger partial charge is 0.353 e. The SMILES string of the molecule is CN1CCN(c2ccc(C(=O)Nc3cccc(C#N)c3)nn2)CC1. The molecular formula is C17H18N6O. The zero-order valence-corrected chi connectivity index (χ0v) is 13.4. The highest BCUT2D eigenvalue weighted by atomic mass is 16.1. The van der Waals surface area contributed by atoms with Gasteiger partial charge in [0.1, 0.15) is 0 Å². The number of carbonyl (C=O) groups excluding carboxylic acids is 1. The molecule has 0 atom stereocenters. The maximum absolute atomic E-state index is 12.2. The number of rotatable bonds is 3. The molecule has 0 spiro atoms. The lowest BCUT2D eigenvalue weighted by Gasteiger charge is -2.32. The van der Waals surface area contributed by atoms with Crippen LogP contribution in [0.3, 0.4) is 0 Å². The molecule has 7 nitrogen and oxygen atoms in total. The summed E-state index contributed by atoms with van der Waals surface area (Å²) < 4.78 is 0. The van der Waals surface area contributed by atoms with Crippen molar-refractivity contribution in [1.29, 1.82) is 5.26 Å². The molecule has 1 amide bonds. The van der Waals surface area contributed by atoms with Crippen molar-refractivity contribution < 1.29 is 4.79 Å². The molecule has 24 heavy (non-hydrogen) atoms. The van der Waals surface area contributed by atoms with Crippen LogP contribution in [0.15, 0.2) is 36.4 Å². The van der Waals surface area contributed by atoms with E-state index in [1.165, 1.54) is 0 Å². The number of piperazine rings is 1. The number of hydrogen-bond donors (Lipinski definition) is 1. The number of nitriles is 1. The molecule has 3 rings (SSSR count). The highest BCUT2D eigenvalue weighted by molar-refractivity contribution is 6.02. The molecule has 1 fully saturated rings. The van der Waals surface area contributed by atoms with Gasteiger partial charge in [-0.1, -0.05) is 6.07 Å². The van der Waals surface area contributed by atoms with Crippen LogP contribution in [-0.2, 0) is 0 Å². The van der Waals surface area contributed by atoms with Crippen LogP contribution < -0.4 is 10.2 Å². The van der Waals surface area contributed by atoms with Crippen LogP contribution in [-0.4, -0.2) is 54.2 Å². The highest BCUT2D eigenvalue weighted by Crippen LogP contribution is 2.14. The van der Waals surface area contributed by atoms with Gasteiger partial charge < -0.3 is 15.1 Å². The van der Waals surface area contributed by atoms with Gasteiger partial charge in [0, 0.05) is 31.9 Å². The van der Waals surface area contributed by atoms with Crippen molar-refractivity contribution >= 4 is 17.4 Å². The van der Waals surface area contributed by atoms with Crippen molar-refractivity contribution in [1.82, 2.24) is 15.1 Å². The van der Waals surface area contributed by atoms with Crippen molar-refractivity contribution in [3.05, 3.63) is 47.7 Å². The highest BCUT2D eigenvalue weighted by Gasteiger charge is 2.16. The third-order valence-electron chi connectivity index (χ3n) is 3.96. The Hall–Kier alpha value is -2.98. The second-order valence-electron chi connectivity index (χ2n) is 5.71. The van der Waals surface area contributed by atoms with Gasteiger partial charge in [0.15, 0.2) is 11.5 Å². The quantitative estimate of drug-likeness (QED) is 0.918. The number of nitrogens with one attached hydrogen (secondary N) is 1. The molecule has 2 heterocycles. The predicted molar refractivity (Wildman–Crippen MR) is 90.9 cm³/mol. The first kappa shape index (κ1) is 15.9. The molecular weight excluding hydrogens is 304 g/mol. The Kier molecular flexibility index (Phi) is 4.68. The first-order valence-corrected chi connectivity index (χ1v) is 7.74. The van der Waals surface area contributed by atoms with Crippen LogP contribution in [0.2, 0.25) is 0 Å². The number of amides is 1. The van der Waals surface area contributed by atoms with Crippen LogP contribution in [0.25, 0.3) is 0 Å². The van der Waals surface area contributed by atoms with Gasteiger partial charge in [0.2, 0.25) is 0 Å². The molecule has 0 aliphatic carbocycles. The van der Waals surface area contributed by atoms with E-state index >= 15 is 0 Å². The maximum atomic E-state index is 12.2. The Bertz CT molecular complexity index is 759. The average molecular weight is 322 g/mol. The van der Waals surface area contributed by atoms with Gasteiger partial charge in [-0.15, -0.1) is 10.2 Å². The van der Waals surface area contributed by atoms with Crippen molar-refractivity contribution in [2.75, 3.05) is 43.4 Å². The third-order valence-corrected chi connectivity index (χ3v) is 3.96. The minimum Gasteiger partial charge on any atom is -0.353 e. The summed E-state index contributed by atoms with van der Waals surface area (Å²) in [7, 11) is 2.09. The van der Waals surface area contributed by atoms with E-state index in [1.54, 1.807) is 30.3 Å². The zero-order valence-electron chi connectivity index (χ0n) is 13.4. The molecule has 2 aromatic rings. The van der Waals surface area contributed by atoms with Gasteiger partial charge >= 0.3 is 0 Å². The number of hydrogen-bond acceptors (Lipinski definition) is 6. The van der Waals surface area contributed by atoms with E-state index in [9.17, 15) is 4.79 Å². The first-order valence-electron chi connectivity index (χ1n) is 7.74. The lowest BCUT2D eigenvalue weighted by atomic mass is 10.2. The smallest absolute Gasteiger partial charge is 0.276 e. The number of anilines is 2. The number of nitrogens with zero attached hydrogens (tertiary/aromatic N) is 5. The minimum atomic E-state index is -0.345. The first-order chi connectivity index (χ1) is 11.7. The summed E-state index contributed by atoms with van der Waals surface area (Å²) in [6.07, 6.45) is 0. The van der Waals surface area contributed by atoms with Crippen molar-refractivity contribution in [3.8, 4) is 6.07 Å². The number of carbonyl (C=O) groups is 1. The topological polar surface area (TPSA) is 85.1 Å². The summed E-state index contributed by atoms with van der Waals surface area (Å²) in [4.78, 5) is 16.7. The lowest BCUT2D eigenvalue weighted by Crippen LogP contribution is -2.44. The third kappa shape index (κ3) is 3.67. The fourth-order valence-corrected chi connectivity index (χ4v) is 2.51. The van der Waals surface area contributed by atoms with Gasteiger partial charge in [-0.3, -0.25) is 4.79 Å². The molecule has 1 aromatic carbocycles.